The van der Waals surface area contributed by atoms with Gasteiger partial charge in [0.1, 0.15) is 5.56 Å². The maximum atomic E-state index is 12.1. The summed E-state index contributed by atoms with van der Waals surface area (Å²) in [7, 11) is 0. The highest BCUT2D eigenvalue weighted by atomic mass is 16.4. The molecule has 0 atom stereocenters. The van der Waals surface area contributed by atoms with Crippen LogP contribution in [0.25, 0.3) is 0 Å². The third-order valence-electron chi connectivity index (χ3n) is 2.82. The lowest BCUT2D eigenvalue weighted by atomic mass is 10.1. The molecule has 0 bridgehead atoms. The molecule has 108 valence electrons. The molecule has 21 heavy (non-hydrogen) atoms. The fourth-order valence-electron chi connectivity index (χ4n) is 1.79. The number of H-pyrrole nitrogens is 1. The van der Waals surface area contributed by atoms with Gasteiger partial charge in [0.15, 0.2) is 5.43 Å². The number of nitrogens with one attached hydrogen (secondary N) is 2. The minimum Gasteiger partial charge on any atom is -0.478 e. The van der Waals surface area contributed by atoms with E-state index >= 15 is 0 Å². The molecule has 0 unspecified atom stereocenters. The Morgan fingerprint density at radius 3 is 2.57 bits per heavy atom. The van der Waals surface area contributed by atoms with Crippen molar-refractivity contribution in [3.05, 3.63) is 57.5 Å². The third-order valence-corrected chi connectivity index (χ3v) is 2.82. The van der Waals surface area contributed by atoms with Gasteiger partial charge in [0.2, 0.25) is 0 Å². The molecule has 0 radical (unpaired) electrons. The highest BCUT2D eigenvalue weighted by molar-refractivity contribution is 6.07. The fraction of sp³-hybridized carbons (Fsp3) is 0.0714. The molecule has 5 N–H and O–H groups in total. The Balaban J connectivity index is 2.36. The first-order valence-electron chi connectivity index (χ1n) is 6.02. The number of amides is 1. The van der Waals surface area contributed by atoms with Crippen LogP contribution in [0.2, 0.25) is 0 Å². The number of aryl methyl sites for hydroxylation is 1. The van der Waals surface area contributed by atoms with E-state index < -0.39 is 17.3 Å². The van der Waals surface area contributed by atoms with E-state index in [-0.39, 0.29) is 22.5 Å². The molecule has 0 fully saturated rings. The molecule has 2 rings (SSSR count). The number of hydrogen-bond donors (Lipinski definition) is 4. The van der Waals surface area contributed by atoms with E-state index in [1.165, 1.54) is 30.5 Å². The van der Waals surface area contributed by atoms with Gasteiger partial charge in [-0.15, -0.1) is 0 Å². The van der Waals surface area contributed by atoms with E-state index in [1.807, 2.05) is 0 Å². The predicted octanol–water partition coefficient (Wildman–Crippen LogP) is 1.22. The highest BCUT2D eigenvalue weighted by Gasteiger charge is 2.15. The summed E-state index contributed by atoms with van der Waals surface area (Å²) in [6, 6.07) is 5.35. The van der Waals surface area contributed by atoms with Gasteiger partial charge in [-0.2, -0.15) is 0 Å². The van der Waals surface area contributed by atoms with Crippen LogP contribution in [-0.4, -0.2) is 22.0 Å². The number of benzene rings is 1. The number of rotatable bonds is 3. The Bertz CT molecular complexity index is 780. The van der Waals surface area contributed by atoms with Crippen molar-refractivity contribution in [3.8, 4) is 0 Å². The van der Waals surface area contributed by atoms with Crippen molar-refractivity contribution in [2.24, 2.45) is 0 Å². The Morgan fingerprint density at radius 1 is 1.24 bits per heavy atom. The molecule has 0 saturated heterocycles. The topological polar surface area (TPSA) is 125 Å². The number of hydrogen-bond acceptors (Lipinski definition) is 4. The summed E-state index contributed by atoms with van der Waals surface area (Å²) in [4.78, 5) is 37.7. The average molecular weight is 287 g/mol. The van der Waals surface area contributed by atoms with Gasteiger partial charge in [0.25, 0.3) is 5.91 Å². The summed E-state index contributed by atoms with van der Waals surface area (Å²) in [5.41, 5.74) is 5.77. The number of pyridine rings is 1. The molecule has 7 heteroatoms. The zero-order valence-corrected chi connectivity index (χ0v) is 11.1. The summed E-state index contributed by atoms with van der Waals surface area (Å²) in [5, 5.41) is 11.5. The summed E-state index contributed by atoms with van der Waals surface area (Å²) >= 11 is 0. The highest BCUT2D eigenvalue weighted by Crippen LogP contribution is 2.19. The number of nitrogens with two attached hydrogens (primary N) is 1. The van der Waals surface area contributed by atoms with Crippen molar-refractivity contribution in [1.82, 2.24) is 4.98 Å². The maximum absolute atomic E-state index is 12.1. The van der Waals surface area contributed by atoms with E-state index in [0.29, 0.717) is 5.69 Å². The number of anilines is 2. The Kier molecular flexibility index (Phi) is 3.75. The fourth-order valence-corrected chi connectivity index (χ4v) is 1.79. The monoisotopic (exact) mass is 287 g/mol. The van der Waals surface area contributed by atoms with Crippen LogP contribution in [0.4, 0.5) is 11.4 Å². The number of nitrogen functional groups attached to an aromatic ring is 1. The number of aromatic nitrogens is 1. The van der Waals surface area contributed by atoms with Crippen LogP contribution in [0, 0.1) is 6.92 Å². The molecule has 0 saturated carbocycles. The van der Waals surface area contributed by atoms with Gasteiger partial charge in [-0.3, -0.25) is 9.59 Å². The van der Waals surface area contributed by atoms with Gasteiger partial charge in [-0.25, -0.2) is 4.79 Å². The van der Waals surface area contributed by atoms with Crippen molar-refractivity contribution in [2.45, 2.75) is 6.92 Å². The van der Waals surface area contributed by atoms with E-state index in [0.717, 1.165) is 0 Å². The summed E-state index contributed by atoms with van der Waals surface area (Å²) in [5.74, 6) is -1.92. The zero-order chi connectivity index (χ0) is 15.6. The van der Waals surface area contributed by atoms with Gasteiger partial charge < -0.3 is 21.1 Å². The average Bonchev–Trinajstić information content (AvgIpc) is 2.40. The van der Waals surface area contributed by atoms with Crippen molar-refractivity contribution in [1.29, 1.82) is 0 Å². The Morgan fingerprint density at radius 2 is 1.95 bits per heavy atom. The molecule has 1 aromatic carbocycles. The molecule has 1 aromatic heterocycles. The minimum absolute atomic E-state index is 0.0710. The second-order valence-corrected chi connectivity index (χ2v) is 4.46. The molecule has 1 heterocycles. The van der Waals surface area contributed by atoms with Crippen LogP contribution in [0.1, 0.15) is 26.4 Å². The first kappa shape index (κ1) is 14.3. The molecule has 0 aliphatic heterocycles. The SMILES string of the molecule is Cc1cc(=O)c(C(=O)Nc2ccc(N)cc2C(=O)O)c[nH]1. The third kappa shape index (κ3) is 3.08. The molecule has 0 spiro atoms. The van der Waals surface area contributed by atoms with E-state index in [2.05, 4.69) is 10.3 Å². The van der Waals surface area contributed by atoms with Crippen molar-refractivity contribution in [3.63, 3.8) is 0 Å². The summed E-state index contributed by atoms with van der Waals surface area (Å²) in [6.07, 6.45) is 1.28. The van der Waals surface area contributed by atoms with Gasteiger partial charge in [0, 0.05) is 23.6 Å². The molecule has 0 aliphatic carbocycles. The van der Waals surface area contributed by atoms with E-state index in [1.54, 1.807) is 6.92 Å². The van der Waals surface area contributed by atoms with Crippen LogP contribution in [0.15, 0.2) is 35.3 Å². The summed E-state index contributed by atoms with van der Waals surface area (Å²) in [6.45, 7) is 1.69. The van der Waals surface area contributed by atoms with Crippen molar-refractivity contribution in [2.75, 3.05) is 11.1 Å². The first-order valence-corrected chi connectivity index (χ1v) is 6.02. The van der Waals surface area contributed by atoms with Crippen LogP contribution in [0.5, 0.6) is 0 Å². The Hall–Kier alpha value is -3.09. The Labute approximate surface area is 119 Å². The predicted molar refractivity (Wildman–Crippen MR) is 77.6 cm³/mol. The number of aromatic carboxylic acids is 1. The van der Waals surface area contributed by atoms with Crippen molar-refractivity contribution >= 4 is 23.3 Å². The number of carboxylic acid groups (broad SMARTS) is 1. The number of carbonyl (C=O) groups is 2. The van der Waals surface area contributed by atoms with E-state index in [4.69, 9.17) is 10.8 Å². The smallest absolute Gasteiger partial charge is 0.337 e. The molecular formula is C14H13N3O4. The van der Waals surface area contributed by atoms with E-state index in [9.17, 15) is 14.4 Å². The lowest BCUT2D eigenvalue weighted by molar-refractivity contribution is 0.0698. The number of carbonyl (C=O) groups excluding carboxylic acids is 1. The normalized spacial score (nSPS) is 10.1. The van der Waals surface area contributed by atoms with Gasteiger partial charge in [-0.1, -0.05) is 0 Å². The standard InChI is InChI=1S/C14H13N3O4/c1-7-4-12(18)10(6-16-7)13(19)17-11-3-2-8(15)5-9(11)14(20)21/h2-6H,15H2,1H3,(H,16,18)(H,17,19)(H,20,21). The summed E-state index contributed by atoms with van der Waals surface area (Å²) < 4.78 is 0. The lowest BCUT2D eigenvalue weighted by Gasteiger charge is -2.09. The van der Waals surface area contributed by atoms with Crippen LogP contribution in [0.3, 0.4) is 0 Å². The largest absolute Gasteiger partial charge is 0.478 e. The minimum atomic E-state index is -1.23. The quantitative estimate of drug-likeness (QED) is 0.631. The van der Waals surface area contributed by atoms with Crippen LogP contribution >= 0.6 is 0 Å². The second-order valence-electron chi connectivity index (χ2n) is 4.46. The van der Waals surface area contributed by atoms with Crippen LogP contribution < -0.4 is 16.5 Å². The van der Waals surface area contributed by atoms with Crippen LogP contribution in [-0.2, 0) is 0 Å². The molecule has 2 aromatic rings. The molecule has 1 amide bonds. The van der Waals surface area contributed by atoms with Gasteiger partial charge in [-0.05, 0) is 25.1 Å². The lowest BCUT2D eigenvalue weighted by Crippen LogP contribution is -2.22. The maximum Gasteiger partial charge on any atom is 0.337 e. The van der Waals surface area contributed by atoms with Gasteiger partial charge in [0.05, 0.1) is 11.3 Å². The first-order chi connectivity index (χ1) is 9.88. The molecular weight excluding hydrogens is 274 g/mol. The number of aromatic amines is 1. The zero-order valence-electron chi connectivity index (χ0n) is 11.1. The molecule has 7 nitrogen and oxygen atoms in total. The molecule has 0 aliphatic rings. The second kappa shape index (κ2) is 5.49. The number of carboxylic acids is 1. The van der Waals surface area contributed by atoms with Crippen molar-refractivity contribution < 1.29 is 14.7 Å². The van der Waals surface area contributed by atoms with Gasteiger partial charge >= 0.3 is 5.97 Å².